The van der Waals surface area contributed by atoms with Crippen molar-refractivity contribution >= 4 is 5.78 Å². The van der Waals surface area contributed by atoms with Crippen LogP contribution in [-0.4, -0.2) is 27.7 Å². The van der Waals surface area contributed by atoms with Crippen LogP contribution in [-0.2, 0) is 18.3 Å². The molecule has 0 radical (unpaired) electrons. The van der Waals surface area contributed by atoms with E-state index in [0.717, 1.165) is 0 Å². The van der Waals surface area contributed by atoms with Crippen LogP contribution in [0.15, 0.2) is 12.4 Å². The van der Waals surface area contributed by atoms with E-state index in [4.69, 9.17) is 0 Å². The Kier molecular flexibility index (Phi) is 3.53. The maximum atomic E-state index is 12.5. The highest BCUT2D eigenvalue weighted by molar-refractivity contribution is 5.86. The van der Waals surface area contributed by atoms with Gasteiger partial charge in [0.2, 0.25) is 5.78 Å². The Morgan fingerprint density at radius 3 is 2.35 bits per heavy atom. The average Bonchev–Trinajstić information content (AvgIpc) is 2.58. The second-order valence-corrected chi connectivity index (χ2v) is 3.52. The molecular formula is C9H9F5N2O. The Hall–Kier alpha value is -1.47. The van der Waals surface area contributed by atoms with Crippen LogP contribution in [0, 0.1) is 0 Å². The molecule has 1 aromatic rings. The number of carbonyl (C=O) groups is 1. The molecule has 96 valence electrons. The van der Waals surface area contributed by atoms with Gasteiger partial charge < -0.3 is 0 Å². The molecule has 0 amide bonds. The summed E-state index contributed by atoms with van der Waals surface area (Å²) < 4.78 is 61.9. The Morgan fingerprint density at radius 2 is 1.94 bits per heavy atom. The van der Waals surface area contributed by atoms with E-state index < -0.39 is 24.3 Å². The number of rotatable bonds is 4. The maximum absolute atomic E-state index is 12.5. The third-order valence-corrected chi connectivity index (χ3v) is 2.11. The van der Waals surface area contributed by atoms with Crippen LogP contribution < -0.4 is 0 Å². The zero-order chi connectivity index (χ0) is 13.3. The van der Waals surface area contributed by atoms with E-state index in [0.29, 0.717) is 5.56 Å². The van der Waals surface area contributed by atoms with Crippen LogP contribution in [0.2, 0.25) is 0 Å². The fraction of sp³-hybridized carbons (Fsp3) is 0.556. The van der Waals surface area contributed by atoms with Crippen molar-refractivity contribution in [3.05, 3.63) is 18.0 Å². The van der Waals surface area contributed by atoms with Gasteiger partial charge in [-0.15, -0.1) is 0 Å². The zero-order valence-corrected chi connectivity index (χ0v) is 8.76. The molecule has 0 aliphatic rings. The van der Waals surface area contributed by atoms with Crippen molar-refractivity contribution in [1.82, 2.24) is 9.78 Å². The number of ketones is 1. The summed E-state index contributed by atoms with van der Waals surface area (Å²) in [5, 5.41) is 3.70. The van der Waals surface area contributed by atoms with Gasteiger partial charge in [0.25, 0.3) is 0 Å². The number of carbonyl (C=O) groups excluding carboxylic acids is 1. The van der Waals surface area contributed by atoms with Gasteiger partial charge in [0.05, 0.1) is 6.20 Å². The van der Waals surface area contributed by atoms with Crippen LogP contribution in [0.25, 0.3) is 0 Å². The molecule has 0 unspecified atom stereocenters. The van der Waals surface area contributed by atoms with Crippen molar-refractivity contribution in [3.63, 3.8) is 0 Å². The van der Waals surface area contributed by atoms with Crippen molar-refractivity contribution in [1.29, 1.82) is 0 Å². The lowest BCUT2D eigenvalue weighted by Gasteiger charge is -2.17. The van der Waals surface area contributed by atoms with E-state index in [1.165, 1.54) is 17.1 Å². The van der Waals surface area contributed by atoms with E-state index in [-0.39, 0.29) is 6.42 Å². The summed E-state index contributed by atoms with van der Waals surface area (Å²) in [7, 11) is 1.57. The first-order valence-corrected chi connectivity index (χ1v) is 4.60. The predicted molar refractivity (Wildman–Crippen MR) is 47.5 cm³/mol. The molecule has 0 N–H and O–H groups in total. The lowest BCUT2D eigenvalue weighted by atomic mass is 10.1. The minimum atomic E-state index is -5.83. The topological polar surface area (TPSA) is 34.9 Å². The molecule has 0 saturated heterocycles. The molecule has 3 nitrogen and oxygen atoms in total. The standard InChI is InChI=1S/C9H9F5N2O/c1-16-5-6(4-15-16)2-3-7(17)8(10,11)9(12,13)14/h4-5H,2-3H2,1H3. The van der Waals surface area contributed by atoms with Gasteiger partial charge in [-0.1, -0.05) is 0 Å². The molecule has 17 heavy (non-hydrogen) atoms. The van der Waals surface area contributed by atoms with Gasteiger partial charge in [-0.2, -0.15) is 27.1 Å². The summed E-state index contributed by atoms with van der Waals surface area (Å²) in [6, 6.07) is 0. The average molecular weight is 256 g/mol. The Morgan fingerprint density at radius 1 is 1.35 bits per heavy atom. The third-order valence-electron chi connectivity index (χ3n) is 2.11. The molecule has 0 spiro atoms. The molecule has 1 rings (SSSR count). The quantitative estimate of drug-likeness (QED) is 0.773. The number of alkyl halides is 5. The first kappa shape index (κ1) is 13.6. The van der Waals surface area contributed by atoms with Crippen LogP contribution in [0.4, 0.5) is 22.0 Å². The van der Waals surface area contributed by atoms with E-state index in [9.17, 15) is 26.7 Å². The number of aromatic nitrogens is 2. The largest absolute Gasteiger partial charge is 0.461 e. The van der Waals surface area contributed by atoms with Crippen molar-refractivity contribution < 1.29 is 26.7 Å². The Balaban J connectivity index is 2.61. The number of hydrogen-bond acceptors (Lipinski definition) is 2. The summed E-state index contributed by atoms with van der Waals surface area (Å²) in [6.45, 7) is 0. The van der Waals surface area contributed by atoms with E-state index in [2.05, 4.69) is 5.10 Å². The van der Waals surface area contributed by atoms with E-state index in [1.54, 1.807) is 7.05 Å². The summed E-state index contributed by atoms with van der Waals surface area (Å²) in [6.07, 6.45) is -4.16. The molecule has 0 atom stereocenters. The molecule has 0 aliphatic heterocycles. The van der Waals surface area contributed by atoms with Crippen molar-refractivity contribution in [3.8, 4) is 0 Å². The SMILES string of the molecule is Cn1cc(CCC(=O)C(F)(F)C(F)(F)F)cn1. The molecule has 0 aromatic carbocycles. The molecule has 1 aromatic heterocycles. The van der Waals surface area contributed by atoms with Gasteiger partial charge in [-0.05, 0) is 12.0 Å². The third kappa shape index (κ3) is 3.01. The van der Waals surface area contributed by atoms with Gasteiger partial charge in [0.1, 0.15) is 0 Å². The van der Waals surface area contributed by atoms with Crippen LogP contribution >= 0.6 is 0 Å². The number of nitrogens with zero attached hydrogens (tertiary/aromatic N) is 2. The predicted octanol–water partition coefficient (Wildman–Crippen LogP) is 2.12. The first-order valence-electron chi connectivity index (χ1n) is 4.60. The smallest absolute Gasteiger partial charge is 0.293 e. The lowest BCUT2D eigenvalue weighted by Crippen LogP contribution is -2.44. The first-order chi connectivity index (χ1) is 7.64. The molecule has 0 aliphatic carbocycles. The van der Waals surface area contributed by atoms with Crippen molar-refractivity contribution in [2.24, 2.45) is 7.05 Å². The van der Waals surface area contributed by atoms with Gasteiger partial charge in [0.15, 0.2) is 0 Å². The molecule has 0 bridgehead atoms. The molecular weight excluding hydrogens is 247 g/mol. The highest BCUT2D eigenvalue weighted by atomic mass is 19.4. The number of hydrogen-bond donors (Lipinski definition) is 0. The van der Waals surface area contributed by atoms with Gasteiger partial charge >= 0.3 is 12.1 Å². The lowest BCUT2D eigenvalue weighted by molar-refractivity contribution is -0.268. The summed E-state index contributed by atoms with van der Waals surface area (Å²) in [5.41, 5.74) is 0.429. The summed E-state index contributed by atoms with van der Waals surface area (Å²) >= 11 is 0. The van der Waals surface area contributed by atoms with Crippen LogP contribution in [0.3, 0.4) is 0 Å². The molecule has 1 heterocycles. The number of halogens is 5. The van der Waals surface area contributed by atoms with E-state index in [1.807, 2.05) is 0 Å². The highest BCUT2D eigenvalue weighted by Gasteiger charge is 2.62. The monoisotopic (exact) mass is 256 g/mol. The normalized spacial score (nSPS) is 12.8. The Labute approximate surface area is 93.2 Å². The fourth-order valence-corrected chi connectivity index (χ4v) is 1.17. The van der Waals surface area contributed by atoms with Gasteiger partial charge in [-0.25, -0.2) is 0 Å². The molecule has 0 saturated carbocycles. The highest BCUT2D eigenvalue weighted by Crippen LogP contribution is 2.37. The molecule has 8 heteroatoms. The summed E-state index contributed by atoms with van der Waals surface area (Å²) in [5.74, 6) is -7.41. The molecule has 0 fully saturated rings. The zero-order valence-electron chi connectivity index (χ0n) is 8.76. The van der Waals surface area contributed by atoms with Gasteiger partial charge in [0, 0.05) is 19.7 Å². The second kappa shape index (κ2) is 4.42. The van der Waals surface area contributed by atoms with Gasteiger partial charge in [-0.3, -0.25) is 9.48 Å². The Bertz CT molecular complexity index is 410. The maximum Gasteiger partial charge on any atom is 0.461 e. The second-order valence-electron chi connectivity index (χ2n) is 3.52. The van der Waals surface area contributed by atoms with Crippen LogP contribution in [0.1, 0.15) is 12.0 Å². The summed E-state index contributed by atoms with van der Waals surface area (Å²) in [4.78, 5) is 10.8. The fourth-order valence-electron chi connectivity index (χ4n) is 1.17. The van der Waals surface area contributed by atoms with Crippen molar-refractivity contribution in [2.75, 3.05) is 0 Å². The van der Waals surface area contributed by atoms with Crippen molar-refractivity contribution in [2.45, 2.75) is 24.9 Å². The number of aryl methyl sites for hydroxylation is 2. The van der Waals surface area contributed by atoms with E-state index >= 15 is 0 Å². The minimum absolute atomic E-state index is 0.196. The van der Waals surface area contributed by atoms with Crippen LogP contribution in [0.5, 0.6) is 0 Å². The minimum Gasteiger partial charge on any atom is -0.293 e. The number of Topliss-reactive ketones (excluding diaryl/α,β-unsaturated/α-hetero) is 1.